The molecule has 0 fully saturated rings. The fourth-order valence-corrected chi connectivity index (χ4v) is 2.06. The number of anilines is 1. The lowest BCUT2D eigenvalue weighted by atomic mass is 10.1. The highest BCUT2D eigenvalue weighted by molar-refractivity contribution is 7.13. The molecule has 0 saturated carbocycles. The summed E-state index contributed by atoms with van der Waals surface area (Å²) in [6.45, 7) is 0. The van der Waals surface area contributed by atoms with Gasteiger partial charge in [-0.3, -0.25) is 10.1 Å². The molecule has 0 radical (unpaired) electrons. The van der Waals surface area contributed by atoms with Gasteiger partial charge in [-0.05, 0) is 12.1 Å². The third-order valence-electron chi connectivity index (χ3n) is 2.46. The maximum atomic E-state index is 12.0. The topological polar surface area (TPSA) is 75.0 Å². The second-order valence-electron chi connectivity index (χ2n) is 3.70. The number of ether oxygens (including phenoxy) is 1. The lowest BCUT2D eigenvalue weighted by molar-refractivity contribution is -0.112. The number of hydrogen-bond acceptors (Lipinski definition) is 5. The van der Waals surface area contributed by atoms with Gasteiger partial charge < -0.3 is 4.74 Å². The molecule has 0 spiro atoms. The fraction of sp³-hybridized carbons (Fsp3) is 0.0714. The van der Waals surface area contributed by atoms with Crippen molar-refractivity contribution in [1.29, 1.82) is 5.26 Å². The molecular formula is C14H11N3O2S. The number of thiazole rings is 1. The summed E-state index contributed by atoms with van der Waals surface area (Å²) in [7, 11) is 1.54. The average molecular weight is 285 g/mol. The van der Waals surface area contributed by atoms with Gasteiger partial charge in [-0.1, -0.05) is 18.2 Å². The van der Waals surface area contributed by atoms with E-state index in [1.54, 1.807) is 23.7 Å². The van der Waals surface area contributed by atoms with Crippen molar-refractivity contribution >= 4 is 28.5 Å². The minimum atomic E-state index is -0.492. The van der Waals surface area contributed by atoms with Crippen LogP contribution in [-0.4, -0.2) is 18.0 Å². The van der Waals surface area contributed by atoms with Crippen LogP contribution in [0.2, 0.25) is 0 Å². The van der Waals surface area contributed by atoms with E-state index < -0.39 is 5.91 Å². The summed E-state index contributed by atoms with van der Waals surface area (Å²) < 4.78 is 5.18. The second kappa shape index (κ2) is 6.50. The lowest BCUT2D eigenvalue weighted by Crippen LogP contribution is -2.13. The van der Waals surface area contributed by atoms with E-state index in [1.165, 1.54) is 24.5 Å². The van der Waals surface area contributed by atoms with E-state index in [0.717, 1.165) is 0 Å². The van der Waals surface area contributed by atoms with Crippen LogP contribution in [0.25, 0.3) is 6.08 Å². The summed E-state index contributed by atoms with van der Waals surface area (Å²) in [4.78, 5) is 15.9. The largest absolute Gasteiger partial charge is 0.496 e. The third kappa shape index (κ3) is 3.22. The Morgan fingerprint density at radius 2 is 2.30 bits per heavy atom. The molecule has 100 valence electrons. The van der Waals surface area contributed by atoms with Crippen molar-refractivity contribution in [3.63, 3.8) is 0 Å². The third-order valence-corrected chi connectivity index (χ3v) is 3.15. The van der Waals surface area contributed by atoms with Gasteiger partial charge in [0.15, 0.2) is 5.13 Å². The molecule has 0 aliphatic carbocycles. The fourth-order valence-electron chi connectivity index (χ4n) is 1.54. The zero-order valence-electron chi connectivity index (χ0n) is 10.7. The van der Waals surface area contributed by atoms with Gasteiger partial charge in [0.25, 0.3) is 5.91 Å². The van der Waals surface area contributed by atoms with Crippen LogP contribution >= 0.6 is 11.3 Å². The van der Waals surface area contributed by atoms with Crippen molar-refractivity contribution in [1.82, 2.24) is 4.98 Å². The van der Waals surface area contributed by atoms with Gasteiger partial charge in [-0.25, -0.2) is 4.98 Å². The molecular weight excluding hydrogens is 274 g/mol. The Labute approximate surface area is 120 Å². The van der Waals surface area contributed by atoms with Crippen molar-refractivity contribution in [3.8, 4) is 11.8 Å². The molecule has 1 amide bonds. The van der Waals surface area contributed by atoms with Crippen LogP contribution in [0.15, 0.2) is 41.4 Å². The van der Waals surface area contributed by atoms with Gasteiger partial charge in [-0.2, -0.15) is 5.26 Å². The van der Waals surface area contributed by atoms with Crippen molar-refractivity contribution in [2.24, 2.45) is 0 Å². The molecule has 0 bridgehead atoms. The molecule has 6 heteroatoms. The molecule has 5 nitrogen and oxygen atoms in total. The first kappa shape index (κ1) is 13.8. The molecule has 1 aromatic carbocycles. The number of carbonyl (C=O) groups excluding carboxylic acids is 1. The van der Waals surface area contributed by atoms with Crippen LogP contribution in [0.3, 0.4) is 0 Å². The Kier molecular flexibility index (Phi) is 4.47. The summed E-state index contributed by atoms with van der Waals surface area (Å²) >= 11 is 1.29. The number of hydrogen-bond donors (Lipinski definition) is 1. The molecule has 0 aliphatic heterocycles. The first-order valence-electron chi connectivity index (χ1n) is 5.70. The number of rotatable bonds is 4. The summed E-state index contributed by atoms with van der Waals surface area (Å²) in [5.74, 6) is 0.107. The van der Waals surface area contributed by atoms with Crippen molar-refractivity contribution in [3.05, 3.63) is 47.0 Å². The Bertz CT molecular complexity index is 672. The maximum Gasteiger partial charge on any atom is 0.268 e. The highest BCUT2D eigenvalue weighted by Gasteiger charge is 2.11. The van der Waals surface area contributed by atoms with Crippen LogP contribution in [0.1, 0.15) is 5.56 Å². The van der Waals surface area contributed by atoms with E-state index in [4.69, 9.17) is 10.00 Å². The molecule has 20 heavy (non-hydrogen) atoms. The number of nitrogens with one attached hydrogen (secondary N) is 1. The number of methoxy groups -OCH3 is 1. The number of amides is 1. The zero-order chi connectivity index (χ0) is 14.4. The molecule has 1 N–H and O–H groups in total. The predicted octanol–water partition coefficient (Wildman–Crippen LogP) is 2.70. The van der Waals surface area contributed by atoms with E-state index in [-0.39, 0.29) is 5.57 Å². The predicted molar refractivity (Wildman–Crippen MR) is 77.3 cm³/mol. The Morgan fingerprint density at radius 3 is 2.95 bits per heavy atom. The molecule has 2 aromatic rings. The first-order valence-corrected chi connectivity index (χ1v) is 6.58. The van der Waals surface area contributed by atoms with E-state index in [9.17, 15) is 4.79 Å². The van der Waals surface area contributed by atoms with E-state index in [0.29, 0.717) is 16.4 Å². The lowest BCUT2D eigenvalue weighted by Gasteiger charge is -2.05. The highest BCUT2D eigenvalue weighted by Crippen LogP contribution is 2.21. The molecule has 1 heterocycles. The molecule has 1 aromatic heterocycles. The first-order chi connectivity index (χ1) is 9.74. The number of nitriles is 1. The van der Waals surface area contributed by atoms with Gasteiger partial charge in [0.05, 0.1) is 7.11 Å². The van der Waals surface area contributed by atoms with Crippen LogP contribution in [0, 0.1) is 11.3 Å². The SMILES string of the molecule is COc1ccccc1C=C(C#N)C(=O)Nc1nccs1. The molecule has 0 atom stereocenters. The quantitative estimate of drug-likeness (QED) is 0.692. The summed E-state index contributed by atoms with van der Waals surface area (Å²) in [6, 6.07) is 9.04. The minimum Gasteiger partial charge on any atom is -0.496 e. The molecule has 2 rings (SSSR count). The van der Waals surface area contributed by atoms with E-state index >= 15 is 0 Å². The Balaban J connectivity index is 2.25. The van der Waals surface area contributed by atoms with Gasteiger partial charge >= 0.3 is 0 Å². The van der Waals surface area contributed by atoms with Gasteiger partial charge in [0.2, 0.25) is 0 Å². The van der Waals surface area contributed by atoms with Crippen molar-refractivity contribution < 1.29 is 9.53 Å². The number of para-hydroxylation sites is 1. The Morgan fingerprint density at radius 1 is 1.50 bits per heavy atom. The number of carbonyl (C=O) groups is 1. The molecule has 0 aliphatic rings. The van der Waals surface area contributed by atoms with Crippen molar-refractivity contribution in [2.45, 2.75) is 0 Å². The number of nitrogens with zero attached hydrogens (tertiary/aromatic N) is 2. The van der Waals surface area contributed by atoms with Crippen LogP contribution in [-0.2, 0) is 4.79 Å². The van der Waals surface area contributed by atoms with Crippen LogP contribution in [0.5, 0.6) is 5.75 Å². The zero-order valence-corrected chi connectivity index (χ0v) is 11.5. The minimum absolute atomic E-state index is 0.00954. The number of aromatic nitrogens is 1. The van der Waals surface area contributed by atoms with Crippen LogP contribution in [0.4, 0.5) is 5.13 Å². The standard InChI is InChI=1S/C14H11N3O2S/c1-19-12-5-3-2-4-10(12)8-11(9-15)13(18)17-14-16-6-7-20-14/h2-8H,1H3,(H,16,17,18). The van der Waals surface area contributed by atoms with Gasteiger partial charge in [-0.15, -0.1) is 11.3 Å². The van der Waals surface area contributed by atoms with Gasteiger partial charge in [0, 0.05) is 17.1 Å². The Hall–Kier alpha value is -2.65. The molecule has 0 unspecified atom stereocenters. The highest BCUT2D eigenvalue weighted by atomic mass is 32.1. The summed E-state index contributed by atoms with van der Waals surface area (Å²) in [5, 5.41) is 13.9. The number of benzene rings is 1. The van der Waals surface area contributed by atoms with Crippen LogP contribution < -0.4 is 10.1 Å². The van der Waals surface area contributed by atoms with Crippen molar-refractivity contribution in [2.75, 3.05) is 12.4 Å². The second-order valence-corrected chi connectivity index (χ2v) is 4.60. The smallest absolute Gasteiger partial charge is 0.268 e. The molecule has 0 saturated heterocycles. The van der Waals surface area contributed by atoms with Gasteiger partial charge in [0.1, 0.15) is 17.4 Å². The monoisotopic (exact) mass is 285 g/mol. The summed E-state index contributed by atoms with van der Waals surface area (Å²) in [6.07, 6.45) is 3.07. The maximum absolute atomic E-state index is 12.0. The normalized spacial score (nSPS) is 10.7. The summed E-state index contributed by atoms with van der Waals surface area (Å²) in [5.41, 5.74) is 0.658. The van der Waals surface area contributed by atoms with E-state index in [2.05, 4.69) is 10.3 Å². The van der Waals surface area contributed by atoms with E-state index in [1.807, 2.05) is 18.2 Å². The average Bonchev–Trinajstić information content (AvgIpc) is 2.97.